The minimum atomic E-state index is -3.84. The van der Waals surface area contributed by atoms with E-state index in [0.29, 0.717) is 41.3 Å². The number of ether oxygens (including phenoxy) is 2. The molecule has 2 aromatic carbocycles. The number of nitrogens with one attached hydrogen (secondary N) is 1. The summed E-state index contributed by atoms with van der Waals surface area (Å²) in [5, 5.41) is 0.500. The summed E-state index contributed by atoms with van der Waals surface area (Å²) in [7, 11) is -3.84. The lowest BCUT2D eigenvalue weighted by Crippen LogP contribution is -2.14. The number of aromatic nitrogens is 1. The third-order valence-corrected chi connectivity index (χ3v) is 5.14. The van der Waals surface area contributed by atoms with Crippen LogP contribution in [0.1, 0.15) is 13.8 Å². The van der Waals surface area contributed by atoms with Crippen molar-refractivity contribution in [1.82, 2.24) is 4.98 Å². The molecule has 0 amide bonds. The van der Waals surface area contributed by atoms with Crippen LogP contribution in [0.15, 0.2) is 59.6 Å². The topological polar surface area (TPSA) is 77.5 Å². The van der Waals surface area contributed by atoms with E-state index >= 15 is 0 Å². The smallest absolute Gasteiger partial charge is 0.262 e. The fourth-order valence-electron chi connectivity index (χ4n) is 2.66. The van der Waals surface area contributed by atoms with Crippen LogP contribution in [0.25, 0.3) is 10.9 Å². The number of hydrogen-bond acceptors (Lipinski definition) is 5. The Kier molecular flexibility index (Phi) is 5.27. The number of sulfonamides is 1. The lowest BCUT2D eigenvalue weighted by atomic mass is 10.2. The van der Waals surface area contributed by atoms with Gasteiger partial charge in [-0.15, -0.1) is 0 Å². The van der Waals surface area contributed by atoms with E-state index in [9.17, 15) is 8.42 Å². The Morgan fingerprint density at radius 3 is 2.42 bits per heavy atom. The van der Waals surface area contributed by atoms with Crippen LogP contribution in [0.3, 0.4) is 0 Å². The van der Waals surface area contributed by atoms with Gasteiger partial charge in [0.25, 0.3) is 10.0 Å². The molecule has 1 N–H and O–H groups in total. The molecular formula is C19H20N2O4S. The first-order chi connectivity index (χ1) is 12.6. The number of rotatable bonds is 7. The molecule has 0 spiro atoms. The highest BCUT2D eigenvalue weighted by molar-refractivity contribution is 7.93. The number of anilines is 1. The van der Waals surface area contributed by atoms with Gasteiger partial charge in [-0.1, -0.05) is 12.1 Å². The summed E-state index contributed by atoms with van der Waals surface area (Å²) in [6.07, 6.45) is 1.61. The summed E-state index contributed by atoms with van der Waals surface area (Å²) in [6, 6.07) is 13.5. The SMILES string of the molecule is CCOc1ccccc1NS(=O)(=O)c1ccc(OCC)c2ncccc12. The summed E-state index contributed by atoms with van der Waals surface area (Å²) < 4.78 is 39.7. The van der Waals surface area contributed by atoms with Gasteiger partial charge in [-0.05, 0) is 50.2 Å². The van der Waals surface area contributed by atoms with Crippen molar-refractivity contribution in [3.63, 3.8) is 0 Å². The Hall–Kier alpha value is -2.80. The Morgan fingerprint density at radius 2 is 1.65 bits per heavy atom. The third-order valence-electron chi connectivity index (χ3n) is 3.71. The molecule has 0 aliphatic rings. The monoisotopic (exact) mass is 372 g/mol. The van der Waals surface area contributed by atoms with Crippen molar-refractivity contribution in [2.75, 3.05) is 17.9 Å². The second kappa shape index (κ2) is 7.61. The maximum absolute atomic E-state index is 13.0. The summed E-state index contributed by atoms with van der Waals surface area (Å²) >= 11 is 0. The van der Waals surface area contributed by atoms with E-state index in [1.54, 1.807) is 48.7 Å². The highest BCUT2D eigenvalue weighted by Gasteiger charge is 2.21. The number of benzene rings is 2. The molecule has 6 nitrogen and oxygen atoms in total. The van der Waals surface area contributed by atoms with Gasteiger partial charge in [-0.2, -0.15) is 0 Å². The molecule has 3 aromatic rings. The molecular weight excluding hydrogens is 352 g/mol. The largest absolute Gasteiger partial charge is 0.492 e. The van der Waals surface area contributed by atoms with Crippen molar-refractivity contribution in [2.45, 2.75) is 18.7 Å². The van der Waals surface area contributed by atoms with Crippen LogP contribution >= 0.6 is 0 Å². The zero-order valence-corrected chi connectivity index (χ0v) is 15.4. The van der Waals surface area contributed by atoms with Gasteiger partial charge in [0.1, 0.15) is 17.0 Å². The summed E-state index contributed by atoms with van der Waals surface area (Å²) in [4.78, 5) is 4.42. The van der Waals surface area contributed by atoms with Crippen LogP contribution in [0, 0.1) is 0 Å². The van der Waals surface area contributed by atoms with Crippen molar-refractivity contribution >= 4 is 26.6 Å². The normalized spacial score (nSPS) is 11.3. The minimum Gasteiger partial charge on any atom is -0.492 e. The molecule has 0 saturated heterocycles. The predicted octanol–water partition coefficient (Wildman–Crippen LogP) is 3.83. The van der Waals surface area contributed by atoms with E-state index in [0.717, 1.165) is 0 Å². The quantitative estimate of drug-likeness (QED) is 0.682. The number of hydrogen-bond donors (Lipinski definition) is 1. The predicted molar refractivity (Wildman–Crippen MR) is 101 cm³/mol. The van der Waals surface area contributed by atoms with Crippen molar-refractivity contribution in [3.05, 3.63) is 54.7 Å². The second-order valence-electron chi connectivity index (χ2n) is 5.43. The zero-order chi connectivity index (χ0) is 18.6. The van der Waals surface area contributed by atoms with Gasteiger partial charge in [-0.25, -0.2) is 8.42 Å². The number of para-hydroxylation sites is 2. The molecule has 0 unspecified atom stereocenters. The van der Waals surface area contributed by atoms with E-state index in [-0.39, 0.29) is 4.90 Å². The van der Waals surface area contributed by atoms with Gasteiger partial charge in [0, 0.05) is 11.6 Å². The van der Waals surface area contributed by atoms with Crippen LogP contribution in [0.2, 0.25) is 0 Å². The molecule has 1 aromatic heterocycles. The van der Waals surface area contributed by atoms with Crippen molar-refractivity contribution in [2.24, 2.45) is 0 Å². The van der Waals surface area contributed by atoms with E-state index in [4.69, 9.17) is 9.47 Å². The van der Waals surface area contributed by atoms with Gasteiger partial charge >= 0.3 is 0 Å². The Bertz CT molecular complexity index is 1020. The maximum atomic E-state index is 13.0. The Balaban J connectivity index is 2.07. The first-order valence-corrected chi connectivity index (χ1v) is 9.80. The first-order valence-electron chi connectivity index (χ1n) is 8.32. The van der Waals surface area contributed by atoms with Gasteiger partial charge in [-0.3, -0.25) is 9.71 Å². The highest BCUT2D eigenvalue weighted by Crippen LogP contribution is 2.32. The number of fused-ring (bicyclic) bond motifs is 1. The molecule has 0 saturated carbocycles. The second-order valence-corrected chi connectivity index (χ2v) is 7.08. The van der Waals surface area contributed by atoms with Crippen LogP contribution in [-0.4, -0.2) is 26.6 Å². The van der Waals surface area contributed by atoms with Crippen molar-refractivity contribution < 1.29 is 17.9 Å². The Labute approximate surface area is 152 Å². The third kappa shape index (κ3) is 3.57. The molecule has 26 heavy (non-hydrogen) atoms. The molecule has 3 rings (SSSR count). The average Bonchev–Trinajstić information content (AvgIpc) is 2.63. The van der Waals surface area contributed by atoms with Crippen LogP contribution in [0.4, 0.5) is 5.69 Å². The van der Waals surface area contributed by atoms with E-state index in [2.05, 4.69) is 9.71 Å². The fraction of sp³-hybridized carbons (Fsp3) is 0.211. The summed E-state index contributed by atoms with van der Waals surface area (Å²) in [5.74, 6) is 1.03. The molecule has 0 fully saturated rings. The minimum absolute atomic E-state index is 0.135. The van der Waals surface area contributed by atoms with Gasteiger partial charge in [0.2, 0.25) is 0 Å². The molecule has 0 atom stereocenters. The van der Waals surface area contributed by atoms with Gasteiger partial charge in [0.15, 0.2) is 0 Å². The fourth-order valence-corrected chi connectivity index (χ4v) is 3.93. The van der Waals surface area contributed by atoms with Crippen LogP contribution in [-0.2, 0) is 10.0 Å². The maximum Gasteiger partial charge on any atom is 0.262 e. The molecule has 7 heteroatoms. The van der Waals surface area contributed by atoms with Gasteiger partial charge < -0.3 is 9.47 Å². The Morgan fingerprint density at radius 1 is 0.923 bits per heavy atom. The molecule has 0 bridgehead atoms. The lowest BCUT2D eigenvalue weighted by Gasteiger charge is -2.15. The zero-order valence-electron chi connectivity index (χ0n) is 14.6. The molecule has 0 aliphatic heterocycles. The van der Waals surface area contributed by atoms with E-state index in [1.807, 2.05) is 13.8 Å². The highest BCUT2D eigenvalue weighted by atomic mass is 32.2. The molecule has 1 heterocycles. The van der Waals surface area contributed by atoms with Gasteiger partial charge in [0.05, 0.1) is 23.8 Å². The first kappa shape index (κ1) is 18.0. The summed E-state index contributed by atoms with van der Waals surface area (Å²) in [6.45, 7) is 4.62. The molecule has 0 radical (unpaired) electrons. The lowest BCUT2D eigenvalue weighted by molar-refractivity contribution is 0.342. The standard InChI is InChI=1S/C19H20N2O4S/c1-3-24-16-10-6-5-9-15(16)21-26(22,23)18-12-11-17(25-4-2)19-14(18)8-7-13-20-19/h5-13,21H,3-4H2,1-2H3. The van der Waals surface area contributed by atoms with Crippen LogP contribution < -0.4 is 14.2 Å². The van der Waals surface area contributed by atoms with E-state index < -0.39 is 10.0 Å². The molecule has 136 valence electrons. The average molecular weight is 372 g/mol. The van der Waals surface area contributed by atoms with Crippen LogP contribution in [0.5, 0.6) is 11.5 Å². The van der Waals surface area contributed by atoms with E-state index in [1.165, 1.54) is 6.07 Å². The van der Waals surface area contributed by atoms with Crippen molar-refractivity contribution in [1.29, 1.82) is 0 Å². The number of nitrogens with zero attached hydrogens (tertiary/aromatic N) is 1. The number of pyridine rings is 1. The van der Waals surface area contributed by atoms with Crippen molar-refractivity contribution in [3.8, 4) is 11.5 Å². The molecule has 0 aliphatic carbocycles. The summed E-state index contributed by atoms with van der Waals surface area (Å²) in [5.41, 5.74) is 0.899.